The number of carboxylic acid groups (broad SMARTS) is 1. The first-order valence-corrected chi connectivity index (χ1v) is 6.67. The van der Waals surface area contributed by atoms with Crippen LogP contribution in [-0.2, 0) is 19.1 Å². The van der Waals surface area contributed by atoms with Gasteiger partial charge in [-0.15, -0.1) is 0 Å². The predicted molar refractivity (Wildman–Crippen MR) is 75.0 cm³/mol. The van der Waals surface area contributed by atoms with Crippen LogP contribution in [0.4, 0.5) is 0 Å². The van der Waals surface area contributed by atoms with Gasteiger partial charge in [-0.1, -0.05) is 13.2 Å². The van der Waals surface area contributed by atoms with Crippen molar-refractivity contribution in [3.8, 4) is 0 Å². The number of aliphatic carboxylic acids is 1. The molecule has 0 aromatic heterocycles. The lowest BCUT2D eigenvalue weighted by Crippen LogP contribution is -2.41. The van der Waals surface area contributed by atoms with Crippen molar-refractivity contribution < 1.29 is 24.2 Å². The lowest BCUT2D eigenvalue weighted by Gasteiger charge is -2.14. The molecule has 0 aromatic rings. The maximum Gasteiger partial charge on any atom is 0.328 e. The van der Waals surface area contributed by atoms with E-state index in [1.807, 2.05) is 6.26 Å². The zero-order valence-electron chi connectivity index (χ0n) is 11.0. The molecule has 6 nitrogen and oxygen atoms in total. The normalized spacial score (nSPS) is 10.2. The van der Waals surface area contributed by atoms with Crippen molar-refractivity contribution in [1.82, 2.24) is 5.32 Å². The molecule has 108 valence electrons. The van der Waals surface area contributed by atoms with E-state index < -0.39 is 18.0 Å². The smallest absolute Gasteiger partial charge is 0.328 e. The first kappa shape index (κ1) is 19.6. The zero-order valence-corrected chi connectivity index (χ0v) is 11.9. The van der Waals surface area contributed by atoms with Gasteiger partial charge in [0.15, 0.2) is 0 Å². The SMILES string of the molecule is C=CC(=O)N[C@@H](CCSC)C(=O)OC.C=CC(=O)O. The van der Waals surface area contributed by atoms with Crippen molar-refractivity contribution in [2.75, 3.05) is 19.1 Å². The number of thioether (sulfide) groups is 1. The third-order valence-corrected chi connectivity index (χ3v) is 2.42. The molecule has 0 saturated heterocycles. The molecule has 1 atom stereocenters. The van der Waals surface area contributed by atoms with E-state index in [1.165, 1.54) is 7.11 Å². The lowest BCUT2D eigenvalue weighted by atomic mass is 10.2. The molecule has 0 rings (SSSR count). The van der Waals surface area contributed by atoms with E-state index in [9.17, 15) is 14.4 Å². The summed E-state index contributed by atoms with van der Waals surface area (Å²) in [5.74, 6) is -0.974. The molecular formula is C12H19NO5S. The molecular weight excluding hydrogens is 270 g/mol. The fourth-order valence-corrected chi connectivity index (χ4v) is 1.33. The minimum Gasteiger partial charge on any atom is -0.478 e. The third kappa shape index (κ3) is 12.5. The fourth-order valence-electron chi connectivity index (χ4n) is 0.858. The monoisotopic (exact) mass is 289 g/mol. The van der Waals surface area contributed by atoms with Crippen LogP contribution in [0.1, 0.15) is 6.42 Å². The number of rotatable bonds is 7. The number of hydrogen-bond acceptors (Lipinski definition) is 5. The van der Waals surface area contributed by atoms with Gasteiger partial charge in [-0.3, -0.25) is 4.79 Å². The molecule has 0 unspecified atom stereocenters. The molecule has 0 saturated carbocycles. The van der Waals surface area contributed by atoms with Crippen LogP contribution in [-0.4, -0.2) is 48.1 Å². The molecule has 2 N–H and O–H groups in total. The Morgan fingerprint density at radius 1 is 1.37 bits per heavy atom. The molecule has 7 heteroatoms. The highest BCUT2D eigenvalue weighted by Crippen LogP contribution is 2.02. The van der Waals surface area contributed by atoms with E-state index in [2.05, 4.69) is 23.2 Å². The number of carbonyl (C=O) groups excluding carboxylic acids is 2. The van der Waals surface area contributed by atoms with E-state index in [0.29, 0.717) is 6.42 Å². The van der Waals surface area contributed by atoms with Crippen LogP contribution in [0.5, 0.6) is 0 Å². The summed E-state index contributed by atoms with van der Waals surface area (Å²) in [4.78, 5) is 31.4. The molecule has 19 heavy (non-hydrogen) atoms. The summed E-state index contributed by atoms with van der Waals surface area (Å²) in [5, 5.41) is 10.1. The topological polar surface area (TPSA) is 92.7 Å². The van der Waals surface area contributed by atoms with Gasteiger partial charge in [-0.25, -0.2) is 9.59 Å². The molecule has 0 aliphatic carbocycles. The van der Waals surface area contributed by atoms with E-state index in [-0.39, 0.29) is 5.91 Å². The number of esters is 1. The summed E-state index contributed by atoms with van der Waals surface area (Å²) < 4.78 is 4.56. The Morgan fingerprint density at radius 3 is 2.21 bits per heavy atom. The van der Waals surface area contributed by atoms with Crippen molar-refractivity contribution in [3.63, 3.8) is 0 Å². The Balaban J connectivity index is 0. The van der Waals surface area contributed by atoms with Gasteiger partial charge in [0, 0.05) is 6.08 Å². The van der Waals surface area contributed by atoms with Gasteiger partial charge < -0.3 is 15.2 Å². The van der Waals surface area contributed by atoms with Crippen LogP contribution in [0.3, 0.4) is 0 Å². The van der Waals surface area contributed by atoms with Crippen molar-refractivity contribution in [3.05, 3.63) is 25.3 Å². The summed E-state index contributed by atoms with van der Waals surface area (Å²) in [6.07, 6.45) is 4.46. The Labute approximate surface area is 116 Å². The summed E-state index contributed by atoms with van der Waals surface area (Å²) in [6, 6.07) is -0.571. The van der Waals surface area contributed by atoms with Gasteiger partial charge in [-0.2, -0.15) is 11.8 Å². The summed E-state index contributed by atoms with van der Waals surface area (Å²) >= 11 is 1.61. The van der Waals surface area contributed by atoms with E-state index in [1.54, 1.807) is 11.8 Å². The van der Waals surface area contributed by atoms with Gasteiger partial charge in [0.25, 0.3) is 0 Å². The van der Waals surface area contributed by atoms with Crippen LogP contribution in [0.2, 0.25) is 0 Å². The Bertz CT molecular complexity index is 330. The molecule has 1 amide bonds. The van der Waals surface area contributed by atoms with Gasteiger partial charge in [0.05, 0.1) is 7.11 Å². The van der Waals surface area contributed by atoms with Crippen molar-refractivity contribution in [2.24, 2.45) is 0 Å². The van der Waals surface area contributed by atoms with E-state index >= 15 is 0 Å². The number of nitrogens with one attached hydrogen (secondary N) is 1. The van der Waals surface area contributed by atoms with Gasteiger partial charge in [-0.05, 0) is 24.5 Å². The maximum absolute atomic E-state index is 11.2. The Kier molecular flexibility index (Phi) is 13.1. The molecule has 0 fully saturated rings. The molecule has 0 spiro atoms. The summed E-state index contributed by atoms with van der Waals surface area (Å²) in [5.41, 5.74) is 0. The number of carboxylic acids is 1. The minimum absolute atomic E-state index is 0.360. The van der Waals surface area contributed by atoms with Crippen LogP contribution < -0.4 is 5.32 Å². The first-order chi connectivity index (χ1) is 8.92. The number of methoxy groups -OCH3 is 1. The van der Waals surface area contributed by atoms with Gasteiger partial charge in [0.2, 0.25) is 5.91 Å². The Morgan fingerprint density at radius 2 is 1.89 bits per heavy atom. The van der Waals surface area contributed by atoms with E-state index in [0.717, 1.165) is 17.9 Å². The number of carbonyl (C=O) groups is 3. The van der Waals surface area contributed by atoms with Crippen LogP contribution in [0.25, 0.3) is 0 Å². The van der Waals surface area contributed by atoms with Crippen molar-refractivity contribution in [1.29, 1.82) is 0 Å². The highest BCUT2D eigenvalue weighted by atomic mass is 32.2. The van der Waals surface area contributed by atoms with Gasteiger partial charge in [0.1, 0.15) is 6.04 Å². The standard InChI is InChI=1S/C9H15NO3S.C3H4O2/c1-4-8(11)10-7(5-6-14-3)9(12)13-2;1-2-3(4)5/h4,7H,1,5-6H2,2-3H3,(H,10,11);2H,1H2,(H,4,5)/t7-;/m0./s1. The van der Waals surface area contributed by atoms with E-state index in [4.69, 9.17) is 5.11 Å². The molecule has 0 aliphatic heterocycles. The average Bonchev–Trinajstić information content (AvgIpc) is 2.42. The van der Waals surface area contributed by atoms with Gasteiger partial charge >= 0.3 is 11.9 Å². The number of hydrogen-bond donors (Lipinski definition) is 2. The molecule has 0 bridgehead atoms. The van der Waals surface area contributed by atoms with Crippen LogP contribution in [0, 0.1) is 0 Å². The van der Waals surface area contributed by atoms with Crippen LogP contribution in [0.15, 0.2) is 25.3 Å². The second-order valence-corrected chi connectivity index (χ2v) is 4.10. The fraction of sp³-hybridized carbons (Fsp3) is 0.417. The molecule has 0 aliphatic rings. The van der Waals surface area contributed by atoms with Crippen molar-refractivity contribution in [2.45, 2.75) is 12.5 Å². The predicted octanol–water partition coefficient (Wildman–Crippen LogP) is 0.840. The highest BCUT2D eigenvalue weighted by Gasteiger charge is 2.19. The minimum atomic E-state index is -0.981. The number of ether oxygens (including phenoxy) is 1. The van der Waals surface area contributed by atoms with Crippen LogP contribution >= 0.6 is 11.8 Å². The third-order valence-electron chi connectivity index (χ3n) is 1.77. The second-order valence-electron chi connectivity index (χ2n) is 3.11. The summed E-state index contributed by atoms with van der Waals surface area (Å²) in [7, 11) is 1.30. The average molecular weight is 289 g/mol. The first-order valence-electron chi connectivity index (χ1n) is 5.27. The zero-order chi connectivity index (χ0) is 15.3. The summed E-state index contributed by atoms with van der Waals surface area (Å²) in [6.45, 7) is 6.27. The second kappa shape index (κ2) is 12.7. The van der Waals surface area contributed by atoms with Crippen molar-refractivity contribution >= 4 is 29.6 Å². The lowest BCUT2D eigenvalue weighted by molar-refractivity contribution is -0.144. The number of amides is 1. The molecule has 0 aromatic carbocycles. The largest absolute Gasteiger partial charge is 0.478 e. The Hall–Kier alpha value is -1.76. The molecule has 0 heterocycles. The molecule has 0 radical (unpaired) electrons. The maximum atomic E-state index is 11.2. The highest BCUT2D eigenvalue weighted by molar-refractivity contribution is 7.98. The quantitative estimate of drug-likeness (QED) is 0.533.